The van der Waals surface area contributed by atoms with Gasteiger partial charge in [0.25, 0.3) is 0 Å². The Hall–Kier alpha value is -0.630. The highest BCUT2D eigenvalue weighted by Gasteiger charge is 2.00. The van der Waals surface area contributed by atoms with Gasteiger partial charge in [0.1, 0.15) is 0 Å². The molecule has 0 atom stereocenters. The summed E-state index contributed by atoms with van der Waals surface area (Å²) in [7, 11) is 0. The van der Waals surface area contributed by atoms with Gasteiger partial charge in [-0.2, -0.15) is 0 Å². The molecule has 0 unspecified atom stereocenters. The highest BCUT2D eigenvalue weighted by molar-refractivity contribution is 7.99. The zero-order valence-electron chi connectivity index (χ0n) is 12.6. The largest absolute Gasteiger partial charge is 0.398 e. The maximum atomic E-state index is 5.98. The van der Waals surface area contributed by atoms with Crippen molar-refractivity contribution >= 4 is 17.4 Å². The van der Waals surface area contributed by atoms with E-state index in [9.17, 15) is 0 Å². The molecule has 0 radical (unpaired) electrons. The minimum atomic E-state index is 0.926. The predicted molar refractivity (Wildman–Crippen MR) is 88.9 cm³/mol. The summed E-state index contributed by atoms with van der Waals surface area (Å²) in [6, 6.07) is 6.30. The minimum absolute atomic E-state index is 0.926. The van der Waals surface area contributed by atoms with Crippen molar-refractivity contribution in [1.29, 1.82) is 0 Å². The van der Waals surface area contributed by atoms with E-state index in [-0.39, 0.29) is 0 Å². The van der Waals surface area contributed by atoms with Crippen molar-refractivity contribution < 1.29 is 0 Å². The molecule has 1 nitrogen and oxygen atoms in total. The van der Waals surface area contributed by atoms with Crippen molar-refractivity contribution in [1.82, 2.24) is 0 Å². The summed E-state index contributed by atoms with van der Waals surface area (Å²) in [5.74, 6) is 1.20. The van der Waals surface area contributed by atoms with E-state index >= 15 is 0 Å². The molecule has 0 amide bonds. The highest BCUT2D eigenvalue weighted by Crippen LogP contribution is 2.27. The molecular weight excluding hydrogens is 250 g/mol. The Morgan fingerprint density at radius 3 is 2.26 bits per heavy atom. The molecule has 1 aromatic rings. The van der Waals surface area contributed by atoms with Crippen molar-refractivity contribution in [3.63, 3.8) is 0 Å². The Balaban J connectivity index is 2.03. The molecule has 0 aliphatic heterocycles. The average Bonchev–Trinajstić information content (AvgIpc) is 2.40. The van der Waals surface area contributed by atoms with Gasteiger partial charge in [-0.05, 0) is 36.8 Å². The Morgan fingerprint density at radius 2 is 1.58 bits per heavy atom. The number of hydrogen-bond acceptors (Lipinski definition) is 2. The number of aryl methyl sites for hydroxylation is 1. The molecule has 2 heteroatoms. The lowest BCUT2D eigenvalue weighted by molar-refractivity contribution is 0.586. The van der Waals surface area contributed by atoms with Crippen LogP contribution < -0.4 is 5.73 Å². The molecule has 0 bridgehead atoms. The first-order valence-electron chi connectivity index (χ1n) is 7.73. The van der Waals surface area contributed by atoms with Gasteiger partial charge in [0.15, 0.2) is 0 Å². The van der Waals surface area contributed by atoms with Crippen molar-refractivity contribution in [2.45, 2.75) is 70.1 Å². The third-order valence-corrected chi connectivity index (χ3v) is 4.58. The van der Waals surface area contributed by atoms with Crippen molar-refractivity contribution in [3.05, 3.63) is 23.8 Å². The molecule has 0 saturated carbocycles. The van der Waals surface area contributed by atoms with Crippen LogP contribution in [0, 0.1) is 6.92 Å². The van der Waals surface area contributed by atoms with E-state index in [1.165, 1.54) is 67.6 Å². The fourth-order valence-corrected chi connectivity index (χ4v) is 3.26. The van der Waals surface area contributed by atoms with Crippen LogP contribution >= 0.6 is 11.8 Å². The summed E-state index contributed by atoms with van der Waals surface area (Å²) in [4.78, 5) is 1.25. The fraction of sp³-hybridized carbons (Fsp3) is 0.647. The van der Waals surface area contributed by atoms with Crippen molar-refractivity contribution in [2.75, 3.05) is 11.5 Å². The van der Waals surface area contributed by atoms with Crippen molar-refractivity contribution in [2.24, 2.45) is 0 Å². The second-order valence-electron chi connectivity index (χ2n) is 5.36. The van der Waals surface area contributed by atoms with Crippen LogP contribution in [-0.2, 0) is 0 Å². The zero-order valence-corrected chi connectivity index (χ0v) is 13.4. The van der Waals surface area contributed by atoms with Crippen LogP contribution in [0.2, 0.25) is 0 Å². The normalized spacial score (nSPS) is 10.8. The van der Waals surface area contributed by atoms with E-state index in [2.05, 4.69) is 26.0 Å². The number of thioether (sulfide) groups is 1. The van der Waals surface area contributed by atoms with Gasteiger partial charge in [0.2, 0.25) is 0 Å². The van der Waals surface area contributed by atoms with Gasteiger partial charge >= 0.3 is 0 Å². The maximum Gasteiger partial charge on any atom is 0.0452 e. The quantitative estimate of drug-likeness (QED) is 0.332. The number of rotatable bonds is 10. The van der Waals surface area contributed by atoms with Gasteiger partial charge in [-0.25, -0.2) is 0 Å². The van der Waals surface area contributed by atoms with Crippen LogP contribution in [0.1, 0.15) is 63.9 Å². The van der Waals surface area contributed by atoms with E-state index in [0.717, 1.165) is 5.69 Å². The summed E-state index contributed by atoms with van der Waals surface area (Å²) in [6.45, 7) is 4.40. The standard InChI is InChI=1S/C17H29NS/c1-3-4-5-6-7-8-9-10-13-19-17-14-15(2)11-12-16(17)18/h11-12,14H,3-10,13,18H2,1-2H3. The third-order valence-electron chi connectivity index (χ3n) is 3.42. The third kappa shape index (κ3) is 7.51. The SMILES string of the molecule is CCCCCCCCCCSc1cc(C)ccc1N. The fourth-order valence-electron chi connectivity index (χ4n) is 2.18. The molecule has 0 spiro atoms. The minimum Gasteiger partial charge on any atom is -0.398 e. The zero-order chi connectivity index (χ0) is 13.9. The molecule has 0 aliphatic carbocycles. The molecule has 0 saturated heterocycles. The molecule has 0 aliphatic rings. The summed E-state index contributed by atoms with van der Waals surface area (Å²) >= 11 is 1.91. The van der Waals surface area contributed by atoms with Gasteiger partial charge in [0, 0.05) is 10.6 Å². The molecule has 19 heavy (non-hydrogen) atoms. The van der Waals surface area contributed by atoms with E-state index in [1.54, 1.807) is 0 Å². The first kappa shape index (κ1) is 16.4. The molecule has 0 fully saturated rings. The molecule has 108 valence electrons. The van der Waals surface area contributed by atoms with E-state index < -0.39 is 0 Å². The van der Waals surface area contributed by atoms with E-state index in [0.29, 0.717) is 0 Å². The molecule has 2 N–H and O–H groups in total. The number of anilines is 1. The topological polar surface area (TPSA) is 26.0 Å². The number of hydrogen-bond donors (Lipinski definition) is 1. The molecule has 0 aromatic heterocycles. The first-order chi connectivity index (χ1) is 9.24. The summed E-state index contributed by atoms with van der Waals surface area (Å²) in [5.41, 5.74) is 8.20. The van der Waals surface area contributed by atoms with Crippen LogP contribution in [0.5, 0.6) is 0 Å². The van der Waals surface area contributed by atoms with Crippen LogP contribution in [0.15, 0.2) is 23.1 Å². The molecule has 1 rings (SSSR count). The van der Waals surface area contributed by atoms with Gasteiger partial charge in [-0.1, -0.05) is 57.9 Å². The summed E-state index contributed by atoms with van der Waals surface area (Å²) in [6.07, 6.45) is 11.1. The lowest BCUT2D eigenvalue weighted by Crippen LogP contribution is -1.90. The second-order valence-corrected chi connectivity index (χ2v) is 6.50. The maximum absolute atomic E-state index is 5.98. The van der Waals surface area contributed by atoms with Gasteiger partial charge < -0.3 is 5.73 Å². The monoisotopic (exact) mass is 279 g/mol. The van der Waals surface area contributed by atoms with Crippen LogP contribution in [0.25, 0.3) is 0 Å². The first-order valence-corrected chi connectivity index (χ1v) is 8.71. The number of benzene rings is 1. The second kappa shape index (κ2) is 10.2. The molecular formula is C17H29NS. The summed E-state index contributed by atoms with van der Waals surface area (Å²) in [5, 5.41) is 0. The Morgan fingerprint density at radius 1 is 0.947 bits per heavy atom. The molecule has 0 heterocycles. The predicted octanol–water partition coefficient (Wildman–Crippen LogP) is 5.81. The van der Waals surface area contributed by atoms with Crippen molar-refractivity contribution in [3.8, 4) is 0 Å². The lowest BCUT2D eigenvalue weighted by atomic mass is 10.1. The molecule has 1 aromatic carbocycles. The lowest BCUT2D eigenvalue weighted by Gasteiger charge is -2.06. The summed E-state index contributed by atoms with van der Waals surface area (Å²) < 4.78 is 0. The van der Waals surface area contributed by atoms with Crippen LogP contribution in [-0.4, -0.2) is 5.75 Å². The number of nitrogens with two attached hydrogens (primary N) is 1. The van der Waals surface area contributed by atoms with Gasteiger partial charge in [-0.15, -0.1) is 11.8 Å². The Labute approximate surface area is 123 Å². The smallest absolute Gasteiger partial charge is 0.0452 e. The average molecular weight is 279 g/mol. The van der Waals surface area contributed by atoms with E-state index in [4.69, 9.17) is 5.73 Å². The van der Waals surface area contributed by atoms with Crippen LogP contribution in [0.3, 0.4) is 0 Å². The highest BCUT2D eigenvalue weighted by atomic mass is 32.2. The van der Waals surface area contributed by atoms with Gasteiger partial charge in [0.05, 0.1) is 0 Å². The van der Waals surface area contributed by atoms with Gasteiger partial charge in [-0.3, -0.25) is 0 Å². The Bertz CT molecular complexity index is 349. The van der Waals surface area contributed by atoms with E-state index in [1.807, 2.05) is 17.8 Å². The Kier molecular flexibility index (Phi) is 8.81. The van der Waals surface area contributed by atoms with Crippen LogP contribution in [0.4, 0.5) is 5.69 Å². The number of nitrogen functional groups attached to an aromatic ring is 1. The number of unbranched alkanes of at least 4 members (excludes halogenated alkanes) is 7.